The van der Waals surface area contributed by atoms with Crippen molar-refractivity contribution in [2.24, 2.45) is 0 Å². The summed E-state index contributed by atoms with van der Waals surface area (Å²) in [6.45, 7) is 4.62. The molecule has 172 valence electrons. The van der Waals surface area contributed by atoms with E-state index in [0.29, 0.717) is 22.7 Å². The molecule has 2 aromatic carbocycles. The second kappa shape index (κ2) is 11.4. The van der Waals surface area contributed by atoms with Crippen molar-refractivity contribution in [3.8, 4) is 16.9 Å². The van der Waals surface area contributed by atoms with Gasteiger partial charge in [-0.2, -0.15) is 0 Å². The molecule has 0 atom stereocenters. The number of esters is 1. The number of rotatable bonds is 9. The minimum atomic E-state index is -0.573. The van der Waals surface area contributed by atoms with E-state index in [4.69, 9.17) is 9.47 Å². The first kappa shape index (κ1) is 24.2. The number of unbranched alkanes of at least 4 members (excludes halogenated alkanes) is 1. The summed E-state index contributed by atoms with van der Waals surface area (Å²) in [5.41, 5.74) is 2.38. The predicted octanol–water partition coefficient (Wildman–Crippen LogP) is 6.48. The average molecular weight is 468 g/mol. The maximum atomic E-state index is 13.4. The van der Waals surface area contributed by atoms with Crippen molar-refractivity contribution >= 4 is 34.3 Å². The summed E-state index contributed by atoms with van der Waals surface area (Å²) in [5.74, 6) is -0.535. The zero-order valence-corrected chi connectivity index (χ0v) is 19.6. The molecule has 0 aliphatic rings. The van der Waals surface area contributed by atoms with Crippen LogP contribution in [0.4, 0.5) is 9.39 Å². The lowest BCUT2D eigenvalue weighted by Gasteiger charge is -2.07. The van der Waals surface area contributed by atoms with Crippen LogP contribution in [-0.4, -0.2) is 25.6 Å². The number of carbonyl (C=O) groups excluding carboxylic acids is 2. The maximum Gasteiger partial charge on any atom is 0.341 e. The first-order chi connectivity index (χ1) is 15.9. The summed E-state index contributed by atoms with van der Waals surface area (Å²) >= 11 is 1.27. The van der Waals surface area contributed by atoms with Gasteiger partial charge in [0.2, 0.25) is 5.91 Å². The van der Waals surface area contributed by atoms with Crippen molar-refractivity contribution in [1.29, 1.82) is 0 Å². The van der Waals surface area contributed by atoms with Gasteiger partial charge in [-0.15, -0.1) is 11.3 Å². The van der Waals surface area contributed by atoms with E-state index in [1.807, 2.05) is 31.2 Å². The minimum Gasteiger partial charge on any atom is -0.494 e. The van der Waals surface area contributed by atoms with Gasteiger partial charge in [0.25, 0.3) is 0 Å². The van der Waals surface area contributed by atoms with Gasteiger partial charge in [-0.3, -0.25) is 4.79 Å². The van der Waals surface area contributed by atoms with Gasteiger partial charge < -0.3 is 14.8 Å². The van der Waals surface area contributed by atoms with Crippen LogP contribution in [-0.2, 0) is 9.53 Å². The monoisotopic (exact) mass is 467 g/mol. The Morgan fingerprint density at radius 3 is 2.42 bits per heavy atom. The molecule has 0 saturated heterocycles. The van der Waals surface area contributed by atoms with E-state index < -0.39 is 5.97 Å². The molecular weight excluding hydrogens is 441 g/mol. The van der Waals surface area contributed by atoms with Crippen LogP contribution in [0, 0.1) is 12.7 Å². The van der Waals surface area contributed by atoms with Crippen molar-refractivity contribution < 1.29 is 23.5 Å². The molecular formula is C26H26FNO4S. The van der Waals surface area contributed by atoms with Gasteiger partial charge in [-0.25, -0.2) is 9.18 Å². The van der Waals surface area contributed by atoms with Crippen molar-refractivity contribution in [1.82, 2.24) is 0 Å². The summed E-state index contributed by atoms with van der Waals surface area (Å²) in [7, 11) is 1.28. The standard InChI is InChI=1S/C26H26FNO4S/c1-4-5-16-32-21-13-6-18(7-14-21)8-15-22(29)28-25-24(26(30)31-3)23(17(2)33-25)19-9-11-20(27)12-10-19/h6-15H,4-5,16H2,1-3H3,(H,28,29)/b15-8+. The van der Waals surface area contributed by atoms with Gasteiger partial charge in [0.1, 0.15) is 22.1 Å². The van der Waals surface area contributed by atoms with Crippen LogP contribution in [0.1, 0.15) is 40.6 Å². The van der Waals surface area contributed by atoms with Gasteiger partial charge >= 0.3 is 5.97 Å². The molecule has 33 heavy (non-hydrogen) atoms. The summed E-state index contributed by atoms with van der Waals surface area (Å²) in [5, 5.41) is 3.16. The number of hydrogen-bond acceptors (Lipinski definition) is 5. The lowest BCUT2D eigenvalue weighted by Crippen LogP contribution is -2.11. The molecule has 0 radical (unpaired) electrons. The Balaban J connectivity index is 1.77. The number of amides is 1. The molecule has 1 aromatic heterocycles. The zero-order valence-electron chi connectivity index (χ0n) is 18.8. The van der Waals surface area contributed by atoms with Crippen LogP contribution < -0.4 is 10.1 Å². The fraction of sp³-hybridized carbons (Fsp3) is 0.231. The molecule has 0 saturated carbocycles. The molecule has 1 heterocycles. The Morgan fingerprint density at radius 2 is 1.79 bits per heavy atom. The quantitative estimate of drug-likeness (QED) is 0.222. The Bertz CT molecular complexity index is 1130. The average Bonchev–Trinajstić information content (AvgIpc) is 3.14. The molecule has 0 spiro atoms. The number of ether oxygens (including phenoxy) is 2. The van der Waals surface area contributed by atoms with Gasteiger partial charge in [0, 0.05) is 16.5 Å². The molecule has 7 heteroatoms. The number of anilines is 1. The van der Waals surface area contributed by atoms with E-state index in [9.17, 15) is 14.0 Å². The Kier molecular flexibility index (Phi) is 8.38. The van der Waals surface area contributed by atoms with Crippen LogP contribution in [0.3, 0.4) is 0 Å². The Labute approximate surface area is 196 Å². The lowest BCUT2D eigenvalue weighted by atomic mass is 10.0. The zero-order chi connectivity index (χ0) is 23.8. The summed E-state index contributed by atoms with van der Waals surface area (Å²) < 4.78 is 23.9. The molecule has 3 rings (SSSR count). The number of benzene rings is 2. The second-order valence-corrected chi connectivity index (χ2v) is 8.55. The molecule has 0 unspecified atom stereocenters. The molecule has 0 fully saturated rings. The van der Waals surface area contributed by atoms with E-state index in [2.05, 4.69) is 12.2 Å². The largest absolute Gasteiger partial charge is 0.494 e. The van der Waals surface area contributed by atoms with E-state index in [1.165, 1.54) is 36.7 Å². The topological polar surface area (TPSA) is 64.6 Å². The fourth-order valence-corrected chi connectivity index (χ4v) is 4.30. The van der Waals surface area contributed by atoms with Crippen LogP contribution in [0.5, 0.6) is 5.75 Å². The highest BCUT2D eigenvalue weighted by Crippen LogP contribution is 2.40. The van der Waals surface area contributed by atoms with Crippen molar-refractivity contribution in [2.45, 2.75) is 26.7 Å². The second-order valence-electron chi connectivity index (χ2n) is 7.33. The van der Waals surface area contributed by atoms with E-state index in [-0.39, 0.29) is 17.3 Å². The third-order valence-electron chi connectivity index (χ3n) is 4.92. The van der Waals surface area contributed by atoms with E-state index in [0.717, 1.165) is 29.0 Å². The smallest absolute Gasteiger partial charge is 0.341 e. The van der Waals surface area contributed by atoms with Gasteiger partial charge in [-0.05, 0) is 54.8 Å². The molecule has 1 amide bonds. The number of methoxy groups -OCH3 is 1. The molecule has 0 aliphatic carbocycles. The molecule has 0 aliphatic heterocycles. The van der Waals surface area contributed by atoms with Crippen LogP contribution in [0.15, 0.2) is 54.6 Å². The van der Waals surface area contributed by atoms with Gasteiger partial charge in [0.05, 0.1) is 13.7 Å². The maximum absolute atomic E-state index is 13.4. The lowest BCUT2D eigenvalue weighted by molar-refractivity contribution is -0.111. The Hall–Kier alpha value is -3.45. The fourth-order valence-electron chi connectivity index (χ4n) is 3.23. The highest BCUT2D eigenvalue weighted by Gasteiger charge is 2.24. The molecule has 3 aromatic rings. The molecule has 5 nitrogen and oxygen atoms in total. The van der Waals surface area contributed by atoms with Gasteiger partial charge in [-0.1, -0.05) is 37.6 Å². The highest BCUT2D eigenvalue weighted by atomic mass is 32.1. The Morgan fingerprint density at radius 1 is 1.09 bits per heavy atom. The van der Waals surface area contributed by atoms with Gasteiger partial charge in [0.15, 0.2) is 0 Å². The van der Waals surface area contributed by atoms with Crippen LogP contribution in [0.25, 0.3) is 17.2 Å². The SMILES string of the molecule is CCCCOc1ccc(/C=C/C(=O)Nc2sc(C)c(-c3ccc(F)cc3)c2C(=O)OC)cc1. The highest BCUT2D eigenvalue weighted by molar-refractivity contribution is 7.17. The van der Waals surface area contributed by atoms with Crippen LogP contribution in [0.2, 0.25) is 0 Å². The van der Waals surface area contributed by atoms with E-state index in [1.54, 1.807) is 18.2 Å². The summed E-state index contributed by atoms with van der Waals surface area (Å²) in [6, 6.07) is 13.3. The number of thiophene rings is 1. The van der Waals surface area contributed by atoms with Crippen molar-refractivity contribution in [3.63, 3.8) is 0 Å². The molecule has 1 N–H and O–H groups in total. The summed E-state index contributed by atoms with van der Waals surface area (Å²) in [6.07, 6.45) is 5.16. The van der Waals surface area contributed by atoms with E-state index >= 15 is 0 Å². The number of nitrogens with one attached hydrogen (secondary N) is 1. The number of aryl methyl sites for hydroxylation is 1. The third kappa shape index (κ3) is 6.29. The number of carbonyl (C=O) groups is 2. The predicted molar refractivity (Wildman–Crippen MR) is 130 cm³/mol. The normalized spacial score (nSPS) is 10.9. The summed E-state index contributed by atoms with van der Waals surface area (Å²) in [4.78, 5) is 25.9. The third-order valence-corrected chi connectivity index (χ3v) is 5.94. The van der Waals surface area contributed by atoms with Crippen molar-refractivity contribution in [2.75, 3.05) is 19.0 Å². The molecule has 0 bridgehead atoms. The minimum absolute atomic E-state index is 0.252. The first-order valence-electron chi connectivity index (χ1n) is 10.6. The first-order valence-corrected chi connectivity index (χ1v) is 11.4. The number of hydrogen-bond donors (Lipinski definition) is 1. The van der Waals surface area contributed by atoms with Crippen LogP contribution >= 0.6 is 11.3 Å². The van der Waals surface area contributed by atoms with Crippen molar-refractivity contribution in [3.05, 3.63) is 76.4 Å². The number of halogens is 1.